The molecule has 0 saturated carbocycles. The van der Waals surface area contributed by atoms with Crippen LogP contribution in [0.4, 0.5) is 0 Å². The summed E-state index contributed by atoms with van der Waals surface area (Å²) in [6, 6.07) is 0. The molecule has 15 heavy (non-hydrogen) atoms. The molecule has 2 aliphatic heterocycles. The lowest BCUT2D eigenvalue weighted by Gasteiger charge is -2.40. The number of hydrogen-bond acceptors (Lipinski definition) is 4. The van der Waals surface area contributed by atoms with Crippen molar-refractivity contribution in [2.24, 2.45) is 5.41 Å². The molecule has 2 aliphatic rings. The van der Waals surface area contributed by atoms with E-state index in [1.807, 2.05) is 0 Å². The minimum absolute atomic E-state index is 0.0966. The van der Waals surface area contributed by atoms with Crippen molar-refractivity contribution in [3.63, 3.8) is 0 Å². The Labute approximate surface area is 89.3 Å². The average molecular weight is 215 g/mol. The number of ether oxygens (including phenoxy) is 3. The predicted molar refractivity (Wildman–Crippen MR) is 52.3 cm³/mol. The van der Waals surface area contributed by atoms with E-state index in [9.17, 15) is 4.79 Å². The van der Waals surface area contributed by atoms with Gasteiger partial charge in [0.05, 0.1) is 26.4 Å². The number of amides is 1. The van der Waals surface area contributed by atoms with Crippen LogP contribution in [0.3, 0.4) is 0 Å². The predicted octanol–water partition coefficient (Wildman–Crippen LogP) is -0.146. The van der Waals surface area contributed by atoms with Crippen LogP contribution in [-0.2, 0) is 19.0 Å². The molecule has 0 N–H and O–H groups in total. The van der Waals surface area contributed by atoms with Gasteiger partial charge in [0.2, 0.25) is 6.29 Å². The van der Waals surface area contributed by atoms with Gasteiger partial charge >= 0.3 is 0 Å². The van der Waals surface area contributed by atoms with E-state index in [1.165, 1.54) is 0 Å². The summed E-state index contributed by atoms with van der Waals surface area (Å²) in [5, 5.41) is 0. The molecule has 86 valence electrons. The Kier molecular flexibility index (Phi) is 2.95. The number of rotatable bonds is 3. The molecule has 0 unspecified atom stereocenters. The number of hydrogen-bond donors (Lipinski definition) is 0. The molecule has 0 bridgehead atoms. The van der Waals surface area contributed by atoms with Gasteiger partial charge in [-0.2, -0.15) is 0 Å². The van der Waals surface area contributed by atoms with Crippen LogP contribution < -0.4 is 0 Å². The van der Waals surface area contributed by atoms with Gasteiger partial charge in [-0.25, -0.2) is 0 Å². The van der Waals surface area contributed by atoms with Crippen molar-refractivity contribution >= 4 is 5.91 Å². The second-order valence-corrected chi connectivity index (χ2v) is 4.57. The van der Waals surface area contributed by atoms with Crippen LogP contribution in [0.5, 0.6) is 0 Å². The number of likely N-dealkylation sites (N-methyl/N-ethyl adjacent to an activating group) is 1. The van der Waals surface area contributed by atoms with Crippen LogP contribution in [-0.4, -0.2) is 57.1 Å². The van der Waals surface area contributed by atoms with Gasteiger partial charge in [-0.3, -0.25) is 4.79 Å². The highest BCUT2D eigenvalue weighted by Crippen LogP contribution is 2.27. The first-order valence-electron chi connectivity index (χ1n) is 5.17. The van der Waals surface area contributed by atoms with Crippen molar-refractivity contribution in [3.05, 3.63) is 0 Å². The first-order valence-corrected chi connectivity index (χ1v) is 5.17. The van der Waals surface area contributed by atoms with Crippen LogP contribution in [0.1, 0.15) is 6.92 Å². The highest BCUT2D eigenvalue weighted by atomic mass is 16.7. The molecular weight excluding hydrogens is 198 g/mol. The van der Waals surface area contributed by atoms with Crippen molar-refractivity contribution < 1.29 is 19.0 Å². The highest BCUT2D eigenvalue weighted by molar-refractivity contribution is 5.79. The summed E-state index contributed by atoms with van der Waals surface area (Å²) in [5.41, 5.74) is 0.100. The van der Waals surface area contributed by atoms with E-state index in [0.29, 0.717) is 19.8 Å². The summed E-state index contributed by atoms with van der Waals surface area (Å²) in [6.07, 6.45) is -0.695. The molecule has 0 radical (unpaired) electrons. The zero-order chi connectivity index (χ0) is 10.9. The maximum atomic E-state index is 11.8. The zero-order valence-electron chi connectivity index (χ0n) is 9.19. The molecule has 0 aromatic heterocycles. The Morgan fingerprint density at radius 3 is 2.47 bits per heavy atom. The molecule has 2 rings (SSSR count). The Balaban J connectivity index is 1.84. The Morgan fingerprint density at radius 1 is 1.40 bits per heavy atom. The lowest BCUT2D eigenvalue weighted by molar-refractivity contribution is -0.164. The first-order chi connectivity index (χ1) is 7.11. The van der Waals surface area contributed by atoms with Crippen molar-refractivity contribution in [3.8, 4) is 0 Å². The second kappa shape index (κ2) is 4.08. The van der Waals surface area contributed by atoms with Gasteiger partial charge in [0, 0.05) is 19.0 Å². The summed E-state index contributed by atoms with van der Waals surface area (Å²) in [7, 11) is 1.77. The molecule has 2 fully saturated rings. The maximum Gasteiger partial charge on any atom is 0.279 e. The molecule has 2 heterocycles. The minimum Gasteiger partial charge on any atom is -0.380 e. The minimum atomic E-state index is -0.695. The molecule has 2 saturated heterocycles. The summed E-state index contributed by atoms with van der Waals surface area (Å²) >= 11 is 0. The molecule has 0 aromatic carbocycles. The highest BCUT2D eigenvalue weighted by Gasteiger charge is 2.37. The Hall–Kier alpha value is -0.650. The number of carbonyl (C=O) groups is 1. The van der Waals surface area contributed by atoms with Gasteiger partial charge in [-0.05, 0) is 0 Å². The average Bonchev–Trinajstić information content (AvgIpc) is 2.66. The fraction of sp³-hybridized carbons (Fsp3) is 0.900. The van der Waals surface area contributed by atoms with Gasteiger partial charge in [0.15, 0.2) is 0 Å². The quantitative estimate of drug-likeness (QED) is 0.657. The SMILES string of the molecule is CN(CC1(C)COC1)C(=O)C1OCCO1. The van der Waals surface area contributed by atoms with Gasteiger partial charge in [0.25, 0.3) is 5.91 Å². The maximum absolute atomic E-state index is 11.8. The topological polar surface area (TPSA) is 48.0 Å². The Morgan fingerprint density at radius 2 is 2.00 bits per heavy atom. The molecule has 1 amide bonds. The molecule has 5 heteroatoms. The molecule has 0 aliphatic carbocycles. The van der Waals surface area contributed by atoms with Crippen LogP contribution in [0.15, 0.2) is 0 Å². The van der Waals surface area contributed by atoms with E-state index in [-0.39, 0.29) is 11.3 Å². The zero-order valence-corrected chi connectivity index (χ0v) is 9.19. The van der Waals surface area contributed by atoms with Crippen LogP contribution in [0.2, 0.25) is 0 Å². The summed E-state index contributed by atoms with van der Waals surface area (Å²) < 4.78 is 15.5. The normalized spacial score (nSPS) is 24.9. The third-order valence-electron chi connectivity index (χ3n) is 2.72. The molecular formula is C10H17NO4. The van der Waals surface area contributed by atoms with E-state index < -0.39 is 6.29 Å². The molecule has 0 aromatic rings. The fourth-order valence-corrected chi connectivity index (χ4v) is 1.87. The summed E-state index contributed by atoms with van der Waals surface area (Å²) in [4.78, 5) is 13.5. The Bertz CT molecular complexity index is 246. The van der Waals surface area contributed by atoms with E-state index in [1.54, 1.807) is 11.9 Å². The van der Waals surface area contributed by atoms with Crippen molar-refractivity contribution in [1.29, 1.82) is 0 Å². The van der Waals surface area contributed by atoms with Gasteiger partial charge in [0.1, 0.15) is 0 Å². The van der Waals surface area contributed by atoms with Crippen molar-refractivity contribution in [2.45, 2.75) is 13.2 Å². The number of nitrogens with zero attached hydrogens (tertiary/aromatic N) is 1. The van der Waals surface area contributed by atoms with Gasteiger partial charge in [-0.1, -0.05) is 6.92 Å². The van der Waals surface area contributed by atoms with E-state index in [4.69, 9.17) is 14.2 Å². The summed E-state index contributed by atoms with van der Waals surface area (Å²) in [6.45, 7) is 5.24. The van der Waals surface area contributed by atoms with E-state index >= 15 is 0 Å². The monoisotopic (exact) mass is 215 g/mol. The summed E-state index contributed by atoms with van der Waals surface area (Å²) in [5.74, 6) is -0.0966. The smallest absolute Gasteiger partial charge is 0.279 e. The van der Waals surface area contributed by atoms with Crippen molar-refractivity contribution in [2.75, 3.05) is 40.0 Å². The molecule has 5 nitrogen and oxygen atoms in total. The van der Waals surface area contributed by atoms with Gasteiger partial charge in [-0.15, -0.1) is 0 Å². The third-order valence-corrected chi connectivity index (χ3v) is 2.72. The second-order valence-electron chi connectivity index (χ2n) is 4.57. The van der Waals surface area contributed by atoms with Crippen LogP contribution in [0.25, 0.3) is 0 Å². The standard InChI is InChI=1S/C10H17NO4/c1-10(6-13-7-10)5-11(2)8(12)9-14-3-4-15-9/h9H,3-7H2,1-2H3. The largest absolute Gasteiger partial charge is 0.380 e. The fourth-order valence-electron chi connectivity index (χ4n) is 1.87. The number of carbonyl (C=O) groups excluding carboxylic acids is 1. The van der Waals surface area contributed by atoms with Crippen LogP contribution in [0, 0.1) is 5.41 Å². The van der Waals surface area contributed by atoms with E-state index in [0.717, 1.165) is 13.2 Å². The lowest BCUT2D eigenvalue weighted by Crippen LogP contribution is -2.51. The first kappa shape index (κ1) is 10.9. The van der Waals surface area contributed by atoms with Gasteiger partial charge < -0.3 is 19.1 Å². The molecule has 0 spiro atoms. The lowest BCUT2D eigenvalue weighted by atomic mass is 9.88. The third kappa shape index (κ3) is 2.30. The van der Waals surface area contributed by atoms with E-state index in [2.05, 4.69) is 6.92 Å². The van der Waals surface area contributed by atoms with Crippen LogP contribution >= 0.6 is 0 Å². The molecule has 0 atom stereocenters. The van der Waals surface area contributed by atoms with Crippen molar-refractivity contribution in [1.82, 2.24) is 4.90 Å².